The summed E-state index contributed by atoms with van der Waals surface area (Å²) in [6.07, 6.45) is -0.865. The zero-order chi connectivity index (χ0) is 64.0. The summed E-state index contributed by atoms with van der Waals surface area (Å²) in [4.78, 5) is 33.4. The van der Waals surface area contributed by atoms with Crippen LogP contribution < -0.4 is 40.4 Å². The Morgan fingerprint density at radius 1 is 0.586 bits per heavy atom. The summed E-state index contributed by atoms with van der Waals surface area (Å²) in [5, 5.41) is 16.2. The quantitative estimate of drug-likeness (QED) is 0.0286. The molecule has 0 aliphatic heterocycles. The normalized spacial score (nSPS) is 13.0. The van der Waals surface area contributed by atoms with Gasteiger partial charge in [-0.3, -0.25) is 20.4 Å². The number of benzene rings is 6. The van der Waals surface area contributed by atoms with Crippen molar-refractivity contribution in [1.82, 2.24) is 21.0 Å². The first-order valence-corrected chi connectivity index (χ1v) is 34.9. The van der Waals surface area contributed by atoms with E-state index in [1.807, 2.05) is 99.6 Å². The van der Waals surface area contributed by atoms with E-state index in [0.717, 1.165) is 45.2 Å². The molecule has 4 atom stereocenters. The van der Waals surface area contributed by atoms with Gasteiger partial charge in [-0.2, -0.15) is 0 Å². The number of ether oxygens (including phenoxy) is 4. The highest BCUT2D eigenvalue weighted by molar-refractivity contribution is 6.74. The first kappa shape index (κ1) is 68.2. The predicted molar refractivity (Wildman–Crippen MR) is 351 cm³/mol. The van der Waals surface area contributed by atoms with E-state index in [2.05, 4.69) is 109 Å². The molecule has 0 unspecified atom stereocenters. The van der Waals surface area contributed by atoms with Crippen molar-refractivity contribution in [2.24, 2.45) is 0 Å². The lowest BCUT2D eigenvalue weighted by Gasteiger charge is -2.40. The van der Waals surface area contributed by atoms with Gasteiger partial charge in [-0.25, -0.2) is 9.69 Å². The Morgan fingerprint density at radius 3 is 1.45 bits per heavy atom. The molecule has 87 heavy (non-hydrogen) atoms. The smallest absolute Gasteiger partial charge is 0.269 e. The zero-order valence-corrected chi connectivity index (χ0v) is 56.0. The van der Waals surface area contributed by atoms with E-state index in [-0.39, 0.29) is 16.2 Å². The Balaban J connectivity index is 0.000000278. The number of hydrogen-bond acceptors (Lipinski definition) is 13. The van der Waals surface area contributed by atoms with Crippen LogP contribution in [0.2, 0.25) is 46.3 Å². The van der Waals surface area contributed by atoms with E-state index in [0.29, 0.717) is 69.0 Å². The number of hydrogen-bond donors (Lipinski definition) is 4. The third-order valence-electron chi connectivity index (χ3n) is 15.7. The Bertz CT molecular complexity index is 3540. The molecule has 2 amide bonds. The number of carbonyl (C=O) groups excluding carboxylic acids is 2. The Hall–Kier alpha value is -7.89. The average molecular weight is 1260 g/mol. The van der Waals surface area contributed by atoms with Crippen molar-refractivity contribution in [3.8, 4) is 34.5 Å². The van der Waals surface area contributed by atoms with Crippen LogP contribution >= 0.6 is 23.2 Å². The van der Waals surface area contributed by atoms with Crippen LogP contribution in [0.5, 0.6) is 23.0 Å². The first-order valence-electron chi connectivity index (χ1n) is 28.4. The van der Waals surface area contributed by atoms with Gasteiger partial charge in [-0.05, 0) is 171 Å². The number of halogens is 2. The van der Waals surface area contributed by atoms with Crippen molar-refractivity contribution in [2.45, 2.75) is 143 Å². The first-order chi connectivity index (χ1) is 41.0. The van der Waals surface area contributed by atoms with Crippen LogP contribution in [0.4, 0.5) is 22.7 Å². The third kappa shape index (κ3) is 18.1. The molecule has 7 aromatic rings. The molecule has 7 rings (SSSR count). The van der Waals surface area contributed by atoms with E-state index in [4.69, 9.17) is 68.6 Å². The van der Waals surface area contributed by atoms with Crippen molar-refractivity contribution in [3.63, 3.8) is 0 Å². The molecule has 0 aliphatic carbocycles. The Morgan fingerprint density at radius 2 is 1.01 bits per heavy atom. The fraction of sp³-hybridized carbons (Fsp3) is 0.364. The largest absolute Gasteiger partial charge is 0.497 e. The van der Waals surface area contributed by atoms with Gasteiger partial charge in [0.1, 0.15) is 48.3 Å². The monoisotopic (exact) mass is 1250 g/mol. The second-order valence-electron chi connectivity index (χ2n) is 24.0. The van der Waals surface area contributed by atoms with Crippen LogP contribution in [-0.2, 0) is 26.9 Å². The lowest BCUT2D eigenvalue weighted by molar-refractivity contribution is -0.124. The molecule has 0 fully saturated rings. The molecule has 0 radical (unpaired) electrons. The van der Waals surface area contributed by atoms with Crippen molar-refractivity contribution in [1.29, 1.82) is 0 Å². The van der Waals surface area contributed by atoms with E-state index in [1.54, 1.807) is 63.6 Å². The number of aromatic nitrogens is 2. The van der Waals surface area contributed by atoms with Crippen LogP contribution in [0.15, 0.2) is 126 Å². The fourth-order valence-corrected chi connectivity index (χ4v) is 11.5. The molecule has 0 bridgehead atoms. The van der Waals surface area contributed by atoms with Gasteiger partial charge >= 0.3 is 0 Å². The number of anilines is 2. The second kappa shape index (κ2) is 29.7. The van der Waals surface area contributed by atoms with Crippen molar-refractivity contribution in [2.75, 3.05) is 24.9 Å². The van der Waals surface area contributed by atoms with E-state index in [1.165, 1.54) is 0 Å². The highest BCUT2D eigenvalue weighted by Gasteiger charge is 2.42. The average Bonchev–Trinajstić information content (AvgIpc) is 2.57. The molecule has 0 saturated carbocycles. The highest BCUT2D eigenvalue weighted by Crippen LogP contribution is 2.42. The van der Waals surface area contributed by atoms with Crippen LogP contribution in [0.3, 0.4) is 0 Å². The Labute approximate surface area is 524 Å². The van der Waals surface area contributed by atoms with Crippen LogP contribution in [0.1, 0.15) is 99.9 Å². The minimum Gasteiger partial charge on any atom is -0.497 e. The van der Waals surface area contributed by atoms with Gasteiger partial charge in [0.25, 0.3) is 11.8 Å². The molecule has 0 saturated heterocycles. The summed E-state index contributed by atoms with van der Waals surface area (Å²) in [7, 11) is -1.14. The molecule has 1 heterocycles. The van der Waals surface area contributed by atoms with E-state index < -0.39 is 46.6 Å². The topological polar surface area (TPSA) is 185 Å². The highest BCUT2D eigenvalue weighted by atomic mass is 35.5. The van der Waals surface area contributed by atoms with Gasteiger partial charge in [-0.15, -0.1) is 10.2 Å². The minimum absolute atomic E-state index is 0.0134. The van der Waals surface area contributed by atoms with Crippen LogP contribution in [0.25, 0.3) is 21.1 Å². The molecule has 21 heteroatoms. The van der Waals surface area contributed by atoms with Gasteiger partial charge < -0.3 is 42.9 Å². The number of hydrazine groups is 1. The van der Waals surface area contributed by atoms with E-state index in [9.17, 15) is 9.59 Å². The molecule has 1 aromatic heterocycles. The molecular formula is C66H80Cl2N8O9Si2. The lowest BCUT2D eigenvalue weighted by Crippen LogP contribution is -2.55. The summed E-state index contributed by atoms with van der Waals surface area (Å²) in [6.45, 7) is 44.6. The number of nitrogens with zero attached hydrogens (tertiary/aromatic N) is 4. The summed E-state index contributed by atoms with van der Waals surface area (Å²) in [6, 6.07) is 35.0. The summed E-state index contributed by atoms with van der Waals surface area (Å²) in [5.41, 5.74) is 11.7. The SMILES string of the molecule is [C-]#[N+]c1ccc(N[C@@H](C(=O)NNC(=O)c2ccc(OCc3ccc(OC)cc3)cc2)[C@H](C)O[Si](C)(C)C(C)(C)C)c(C)c1Cl.[C-]#[N+]c1ccc(N[C@@H](c2nnc(-c3ccc(OCc4ccc(OC)cc4)cc3)o2)[C@H](C)O[Si](C)(C)C(C)(C)C)c(C)c1Cl. The second-order valence-corrected chi connectivity index (χ2v) is 34.3. The maximum absolute atomic E-state index is 13.5. The maximum atomic E-state index is 13.5. The van der Waals surface area contributed by atoms with Gasteiger partial charge in [0.2, 0.25) is 23.2 Å². The molecular weight excluding hydrogens is 1180 g/mol. The van der Waals surface area contributed by atoms with Crippen molar-refractivity contribution in [3.05, 3.63) is 188 Å². The summed E-state index contributed by atoms with van der Waals surface area (Å²) in [5.74, 6) is 2.71. The Kier molecular flexibility index (Phi) is 23.3. The van der Waals surface area contributed by atoms with E-state index >= 15 is 0 Å². The molecule has 0 aliphatic rings. The number of carbonyl (C=O) groups is 2. The van der Waals surface area contributed by atoms with Gasteiger partial charge in [0, 0.05) is 22.5 Å². The maximum Gasteiger partial charge on any atom is 0.269 e. The van der Waals surface area contributed by atoms with Crippen LogP contribution in [0, 0.1) is 27.0 Å². The zero-order valence-electron chi connectivity index (χ0n) is 52.5. The summed E-state index contributed by atoms with van der Waals surface area (Å²) >= 11 is 12.9. The molecule has 0 spiro atoms. The van der Waals surface area contributed by atoms with Crippen LogP contribution in [-0.4, -0.2) is 71.1 Å². The predicted octanol–water partition coefficient (Wildman–Crippen LogP) is 16.8. The molecule has 6 aromatic carbocycles. The number of methoxy groups -OCH3 is 2. The van der Waals surface area contributed by atoms with Gasteiger partial charge in [0.15, 0.2) is 16.6 Å². The lowest BCUT2D eigenvalue weighted by atomic mass is 10.1. The summed E-state index contributed by atoms with van der Waals surface area (Å²) < 4.78 is 41.7. The number of amides is 2. The number of nitrogens with one attached hydrogen (secondary N) is 4. The van der Waals surface area contributed by atoms with Crippen molar-refractivity contribution >= 4 is 74.4 Å². The van der Waals surface area contributed by atoms with Gasteiger partial charge in [-0.1, -0.05) is 101 Å². The number of rotatable bonds is 22. The fourth-order valence-electron chi connectivity index (χ4n) is 8.28. The molecule has 460 valence electrons. The minimum atomic E-state index is -2.26. The van der Waals surface area contributed by atoms with Gasteiger partial charge in [0.05, 0.1) is 49.6 Å². The van der Waals surface area contributed by atoms with Crippen molar-refractivity contribution < 1.29 is 41.8 Å². The molecule has 17 nitrogen and oxygen atoms in total. The standard InChI is InChI=1S/C33H41ClN4O5Si.C33H39ClN4O4Si/c1-21-27(18-19-28(35-6)29(21)34)36-30(22(2)43-44(8,9)33(3,4)5)32(40)38-37-31(39)24-12-16-26(17-13-24)42-20-23-10-14-25(41-7)15-11-23;1-21-27(18-19-28(35-6)29(21)34)36-30(22(2)42-43(8,9)33(3,4)5)32-38-37-31(41-32)24-12-16-26(17-13-24)40-20-23-10-14-25(39-7)15-11-23/h10-19,22,30,36H,20H2,1-5,7-9H3,(H,37,39)(H,38,40);10-19,22,30,36H,20H2,1-5,7-9H3/t2*22-,30+/m00/s1. The molecule has 4 N–H and O–H groups in total. The third-order valence-corrected chi connectivity index (χ3v) is 25.8.